The monoisotopic (exact) mass is 233 g/mol. The van der Waals surface area contributed by atoms with Crippen molar-refractivity contribution in [3.05, 3.63) is 30.1 Å². The van der Waals surface area contributed by atoms with Crippen molar-refractivity contribution in [2.75, 3.05) is 7.11 Å². The van der Waals surface area contributed by atoms with E-state index in [1.54, 1.807) is 7.11 Å². The molecule has 1 heterocycles. The van der Waals surface area contributed by atoms with Crippen LogP contribution in [0.1, 0.15) is 19.7 Å². The third-order valence-corrected chi connectivity index (χ3v) is 2.34. The molecule has 0 unspecified atom stereocenters. The number of ether oxygens (including phenoxy) is 1. The van der Waals surface area contributed by atoms with Gasteiger partial charge in [0.05, 0.1) is 18.2 Å². The molecule has 0 saturated heterocycles. The lowest BCUT2D eigenvalue weighted by Crippen LogP contribution is -2.30. The minimum atomic E-state index is -0.621. The molecule has 1 aromatic carbocycles. The number of nitrogens with zero attached hydrogens (tertiary/aromatic N) is 2. The Balaban J connectivity index is 2.44. The fraction of sp³-hybridized carbons (Fsp3) is 0.333. The maximum absolute atomic E-state index is 5.90. The van der Waals surface area contributed by atoms with Gasteiger partial charge in [0.2, 0.25) is 0 Å². The second-order valence-electron chi connectivity index (χ2n) is 4.35. The van der Waals surface area contributed by atoms with Crippen LogP contribution in [-0.2, 0) is 5.54 Å². The number of hydrogen-bond donors (Lipinski definition) is 1. The molecule has 0 fully saturated rings. The molecule has 17 heavy (non-hydrogen) atoms. The molecule has 2 N–H and O–H groups in total. The van der Waals surface area contributed by atoms with Gasteiger partial charge in [-0.3, -0.25) is 0 Å². The number of aromatic nitrogens is 2. The van der Waals surface area contributed by atoms with Crippen LogP contribution in [0, 0.1) is 0 Å². The second kappa shape index (κ2) is 4.18. The summed E-state index contributed by atoms with van der Waals surface area (Å²) in [6.45, 7) is 3.65. The Kier molecular flexibility index (Phi) is 2.85. The third-order valence-electron chi connectivity index (χ3n) is 2.34. The molecule has 5 nitrogen and oxygen atoms in total. The molecule has 1 aromatic heterocycles. The van der Waals surface area contributed by atoms with Gasteiger partial charge in [-0.25, -0.2) is 0 Å². The standard InChI is InChI=1S/C12H15N3O2/c1-12(2,13)11-14-10(17-15-11)8-6-4-5-7-9(8)16-3/h4-7H,13H2,1-3H3. The Hall–Kier alpha value is -1.88. The normalized spacial score (nSPS) is 11.5. The summed E-state index contributed by atoms with van der Waals surface area (Å²) in [4.78, 5) is 4.28. The fourth-order valence-electron chi connectivity index (χ4n) is 1.42. The fourth-order valence-corrected chi connectivity index (χ4v) is 1.42. The van der Waals surface area contributed by atoms with E-state index in [1.807, 2.05) is 38.1 Å². The molecule has 0 aliphatic carbocycles. The van der Waals surface area contributed by atoms with Crippen LogP contribution in [0.2, 0.25) is 0 Å². The summed E-state index contributed by atoms with van der Waals surface area (Å²) < 4.78 is 10.4. The maximum atomic E-state index is 5.90. The number of rotatable bonds is 3. The molecule has 0 atom stereocenters. The van der Waals surface area contributed by atoms with E-state index in [0.29, 0.717) is 17.5 Å². The van der Waals surface area contributed by atoms with Crippen molar-refractivity contribution >= 4 is 0 Å². The average molecular weight is 233 g/mol. The van der Waals surface area contributed by atoms with Crippen molar-refractivity contribution in [2.45, 2.75) is 19.4 Å². The average Bonchev–Trinajstić information content (AvgIpc) is 2.77. The van der Waals surface area contributed by atoms with E-state index in [0.717, 1.165) is 5.56 Å². The van der Waals surface area contributed by atoms with Gasteiger partial charge in [0, 0.05) is 0 Å². The minimum absolute atomic E-state index is 0.413. The Morgan fingerprint density at radius 2 is 2.00 bits per heavy atom. The van der Waals surface area contributed by atoms with E-state index in [-0.39, 0.29) is 0 Å². The summed E-state index contributed by atoms with van der Waals surface area (Å²) in [6, 6.07) is 7.47. The molecule has 0 aliphatic heterocycles. The van der Waals surface area contributed by atoms with Crippen molar-refractivity contribution in [3.8, 4) is 17.2 Å². The molecular weight excluding hydrogens is 218 g/mol. The Morgan fingerprint density at radius 1 is 1.29 bits per heavy atom. The molecule has 0 amide bonds. The topological polar surface area (TPSA) is 74.2 Å². The van der Waals surface area contributed by atoms with Gasteiger partial charge in [0.15, 0.2) is 5.82 Å². The molecule has 2 aromatic rings. The number of methoxy groups -OCH3 is 1. The minimum Gasteiger partial charge on any atom is -0.496 e. The van der Waals surface area contributed by atoms with Crippen LogP contribution < -0.4 is 10.5 Å². The van der Waals surface area contributed by atoms with Crippen molar-refractivity contribution in [1.29, 1.82) is 0 Å². The molecule has 0 aliphatic rings. The van der Waals surface area contributed by atoms with Gasteiger partial charge in [0.1, 0.15) is 5.75 Å². The molecule has 90 valence electrons. The molecule has 0 saturated carbocycles. The van der Waals surface area contributed by atoms with Crippen LogP contribution in [0.3, 0.4) is 0 Å². The third kappa shape index (κ3) is 2.29. The Labute approximate surface area is 99.6 Å². The van der Waals surface area contributed by atoms with Gasteiger partial charge in [-0.15, -0.1) is 0 Å². The Bertz CT molecular complexity index is 514. The zero-order chi connectivity index (χ0) is 12.5. The van der Waals surface area contributed by atoms with Crippen LogP contribution in [0.5, 0.6) is 5.75 Å². The first-order chi connectivity index (χ1) is 8.02. The lowest BCUT2D eigenvalue weighted by Gasteiger charge is -2.11. The highest BCUT2D eigenvalue weighted by atomic mass is 16.5. The van der Waals surface area contributed by atoms with Crippen molar-refractivity contribution in [1.82, 2.24) is 10.1 Å². The molecule has 0 spiro atoms. The summed E-state index contributed by atoms with van der Waals surface area (Å²) in [5.41, 5.74) is 6.04. The maximum Gasteiger partial charge on any atom is 0.261 e. The highest BCUT2D eigenvalue weighted by Crippen LogP contribution is 2.29. The van der Waals surface area contributed by atoms with Crippen LogP contribution in [0.4, 0.5) is 0 Å². The van der Waals surface area contributed by atoms with Gasteiger partial charge in [0.25, 0.3) is 5.89 Å². The van der Waals surface area contributed by atoms with Crippen molar-refractivity contribution in [2.24, 2.45) is 5.73 Å². The van der Waals surface area contributed by atoms with Crippen LogP contribution >= 0.6 is 0 Å². The van der Waals surface area contributed by atoms with E-state index < -0.39 is 5.54 Å². The predicted octanol–water partition coefficient (Wildman–Crippen LogP) is 1.94. The molecule has 0 radical (unpaired) electrons. The van der Waals surface area contributed by atoms with Crippen molar-refractivity contribution in [3.63, 3.8) is 0 Å². The molecule has 5 heteroatoms. The lowest BCUT2D eigenvalue weighted by molar-refractivity contribution is 0.390. The summed E-state index contributed by atoms with van der Waals surface area (Å²) >= 11 is 0. The molecular formula is C12H15N3O2. The van der Waals surface area contributed by atoms with Crippen LogP contribution in [0.25, 0.3) is 11.5 Å². The number of hydrogen-bond acceptors (Lipinski definition) is 5. The zero-order valence-corrected chi connectivity index (χ0v) is 10.1. The first kappa shape index (κ1) is 11.6. The lowest BCUT2D eigenvalue weighted by atomic mass is 10.1. The largest absolute Gasteiger partial charge is 0.496 e. The van der Waals surface area contributed by atoms with E-state index in [1.165, 1.54) is 0 Å². The van der Waals surface area contributed by atoms with E-state index >= 15 is 0 Å². The summed E-state index contributed by atoms with van der Waals surface area (Å²) in [5, 5.41) is 3.87. The van der Waals surface area contributed by atoms with Crippen molar-refractivity contribution < 1.29 is 9.26 Å². The van der Waals surface area contributed by atoms with Crippen LogP contribution in [-0.4, -0.2) is 17.3 Å². The van der Waals surface area contributed by atoms with Gasteiger partial charge in [-0.05, 0) is 26.0 Å². The van der Waals surface area contributed by atoms with Gasteiger partial charge in [-0.2, -0.15) is 4.98 Å². The SMILES string of the molecule is COc1ccccc1-c1nc(C(C)(C)N)no1. The van der Waals surface area contributed by atoms with E-state index in [9.17, 15) is 0 Å². The first-order valence-electron chi connectivity index (χ1n) is 5.29. The van der Waals surface area contributed by atoms with E-state index in [2.05, 4.69) is 10.1 Å². The molecule has 0 bridgehead atoms. The first-order valence-corrected chi connectivity index (χ1v) is 5.29. The highest BCUT2D eigenvalue weighted by molar-refractivity contribution is 5.62. The second-order valence-corrected chi connectivity index (χ2v) is 4.35. The summed E-state index contributed by atoms with van der Waals surface area (Å²) in [6.07, 6.45) is 0. The quantitative estimate of drug-likeness (QED) is 0.876. The summed E-state index contributed by atoms with van der Waals surface area (Å²) in [7, 11) is 1.60. The van der Waals surface area contributed by atoms with Crippen LogP contribution in [0.15, 0.2) is 28.8 Å². The number of para-hydroxylation sites is 1. The predicted molar refractivity (Wildman–Crippen MR) is 63.5 cm³/mol. The highest BCUT2D eigenvalue weighted by Gasteiger charge is 2.22. The summed E-state index contributed by atoms with van der Waals surface area (Å²) in [5.74, 6) is 1.58. The van der Waals surface area contributed by atoms with Gasteiger partial charge >= 0.3 is 0 Å². The van der Waals surface area contributed by atoms with Gasteiger partial charge in [-0.1, -0.05) is 17.3 Å². The van der Waals surface area contributed by atoms with Gasteiger partial charge < -0.3 is 15.0 Å². The smallest absolute Gasteiger partial charge is 0.261 e. The Morgan fingerprint density at radius 3 is 2.59 bits per heavy atom. The molecule has 2 rings (SSSR count). The zero-order valence-electron chi connectivity index (χ0n) is 10.1. The number of nitrogens with two attached hydrogens (primary N) is 1. The van der Waals surface area contributed by atoms with E-state index in [4.69, 9.17) is 15.0 Å². The number of benzene rings is 1.